The molecule has 0 spiro atoms. The van der Waals surface area contributed by atoms with Crippen molar-refractivity contribution >= 4 is 0 Å². The van der Waals surface area contributed by atoms with Crippen molar-refractivity contribution in [2.75, 3.05) is 20.1 Å². The van der Waals surface area contributed by atoms with Crippen LogP contribution in [-0.2, 0) is 0 Å². The van der Waals surface area contributed by atoms with Gasteiger partial charge in [0.1, 0.15) is 0 Å². The van der Waals surface area contributed by atoms with Crippen LogP contribution in [-0.4, -0.2) is 36.1 Å². The van der Waals surface area contributed by atoms with E-state index in [2.05, 4.69) is 29.1 Å². The lowest BCUT2D eigenvalue weighted by molar-refractivity contribution is 0.407. The van der Waals surface area contributed by atoms with Gasteiger partial charge in [-0.2, -0.15) is 0 Å². The summed E-state index contributed by atoms with van der Waals surface area (Å²) < 4.78 is 0. The molecule has 2 rings (SSSR count). The van der Waals surface area contributed by atoms with Crippen LogP contribution in [0, 0.1) is 6.92 Å². The first kappa shape index (κ1) is 9.62. The molecule has 0 bridgehead atoms. The lowest BCUT2D eigenvalue weighted by Crippen LogP contribution is -2.27. The first-order chi connectivity index (χ1) is 6.66. The highest BCUT2D eigenvalue weighted by Gasteiger charge is 2.28. The lowest BCUT2D eigenvalue weighted by Gasteiger charge is -2.13. The zero-order valence-corrected chi connectivity index (χ0v) is 8.77. The Labute approximate surface area is 84.9 Å². The summed E-state index contributed by atoms with van der Waals surface area (Å²) in [5, 5.41) is 0. The third-order valence-corrected chi connectivity index (χ3v) is 2.91. The van der Waals surface area contributed by atoms with E-state index in [9.17, 15) is 0 Å². The van der Waals surface area contributed by atoms with E-state index >= 15 is 0 Å². The average Bonchev–Trinajstić information content (AvgIpc) is 2.47. The highest BCUT2D eigenvalue weighted by Crippen LogP contribution is 2.24. The maximum atomic E-state index is 6.07. The van der Waals surface area contributed by atoms with Gasteiger partial charge in [-0.3, -0.25) is 4.98 Å². The van der Waals surface area contributed by atoms with Crippen LogP contribution in [0.2, 0.25) is 0 Å². The fourth-order valence-corrected chi connectivity index (χ4v) is 2.08. The fraction of sp³-hybridized carbons (Fsp3) is 0.545. The summed E-state index contributed by atoms with van der Waals surface area (Å²) in [4.78, 5) is 6.58. The topological polar surface area (TPSA) is 42.1 Å². The summed E-state index contributed by atoms with van der Waals surface area (Å²) in [5.74, 6) is 0.452. The van der Waals surface area contributed by atoms with Crippen LogP contribution in [0.3, 0.4) is 0 Å². The Morgan fingerprint density at radius 2 is 2.21 bits per heavy atom. The summed E-state index contributed by atoms with van der Waals surface area (Å²) in [6, 6.07) is 4.45. The molecular weight excluding hydrogens is 174 g/mol. The van der Waals surface area contributed by atoms with Crippen molar-refractivity contribution < 1.29 is 0 Å². The molecule has 3 heteroatoms. The molecule has 1 fully saturated rings. The molecule has 1 aliphatic heterocycles. The van der Waals surface area contributed by atoms with Gasteiger partial charge in [-0.15, -0.1) is 0 Å². The standard InChI is InChI=1S/C11H17N3/c1-8-3-4-9(5-13-8)10-6-14(2)7-11(10)12/h3-5,10-11H,6-7,12H2,1-2H3/t10-,11+/m0/s1. The Bertz CT molecular complexity index is 307. The normalized spacial score (nSPS) is 28.2. The Morgan fingerprint density at radius 1 is 1.43 bits per heavy atom. The van der Waals surface area contributed by atoms with Gasteiger partial charge in [-0.1, -0.05) is 6.07 Å². The average molecular weight is 191 g/mol. The van der Waals surface area contributed by atoms with Crippen molar-refractivity contribution in [2.45, 2.75) is 18.9 Å². The Hall–Kier alpha value is -0.930. The molecule has 1 saturated heterocycles. The zero-order valence-electron chi connectivity index (χ0n) is 8.77. The molecule has 2 atom stereocenters. The van der Waals surface area contributed by atoms with E-state index in [1.165, 1.54) is 5.56 Å². The molecule has 2 heterocycles. The number of nitrogens with two attached hydrogens (primary N) is 1. The Morgan fingerprint density at radius 3 is 2.71 bits per heavy atom. The molecule has 0 radical (unpaired) electrons. The monoisotopic (exact) mass is 191 g/mol. The Balaban J connectivity index is 2.19. The van der Waals surface area contributed by atoms with Gasteiger partial charge in [0.25, 0.3) is 0 Å². The number of hydrogen-bond acceptors (Lipinski definition) is 3. The number of pyridine rings is 1. The largest absolute Gasteiger partial charge is 0.326 e. The third kappa shape index (κ3) is 1.79. The van der Waals surface area contributed by atoms with Crippen molar-refractivity contribution in [3.05, 3.63) is 29.6 Å². The van der Waals surface area contributed by atoms with Crippen LogP contribution >= 0.6 is 0 Å². The zero-order chi connectivity index (χ0) is 10.1. The van der Waals surface area contributed by atoms with Crippen LogP contribution in [0.4, 0.5) is 0 Å². The quantitative estimate of drug-likeness (QED) is 0.712. The predicted octanol–water partition coefficient (Wildman–Crippen LogP) is 0.746. The maximum Gasteiger partial charge on any atom is 0.0372 e. The number of aromatic nitrogens is 1. The number of likely N-dealkylation sites (tertiary alicyclic amines) is 1. The summed E-state index contributed by atoms with van der Waals surface area (Å²) in [6.07, 6.45) is 1.96. The molecule has 0 aromatic carbocycles. The Kier molecular flexibility index (Phi) is 2.52. The molecular formula is C11H17N3. The van der Waals surface area contributed by atoms with Crippen LogP contribution < -0.4 is 5.73 Å². The highest BCUT2D eigenvalue weighted by molar-refractivity contribution is 5.21. The number of likely N-dealkylation sites (N-methyl/N-ethyl adjacent to an activating group) is 1. The van der Waals surface area contributed by atoms with Gasteiger partial charge in [0.15, 0.2) is 0 Å². The van der Waals surface area contributed by atoms with Crippen LogP contribution in [0.1, 0.15) is 17.2 Å². The van der Waals surface area contributed by atoms with E-state index in [1.807, 2.05) is 13.1 Å². The molecule has 1 aliphatic rings. The predicted molar refractivity (Wildman–Crippen MR) is 57.2 cm³/mol. The minimum atomic E-state index is 0.254. The SMILES string of the molecule is Cc1ccc([C@@H]2CN(C)C[C@H]2N)cn1. The van der Waals surface area contributed by atoms with Gasteiger partial charge < -0.3 is 10.6 Å². The van der Waals surface area contributed by atoms with Gasteiger partial charge in [0, 0.05) is 36.9 Å². The minimum absolute atomic E-state index is 0.254. The smallest absolute Gasteiger partial charge is 0.0372 e. The summed E-state index contributed by atoms with van der Waals surface area (Å²) in [5.41, 5.74) is 8.40. The van der Waals surface area contributed by atoms with Gasteiger partial charge in [0.05, 0.1) is 0 Å². The fourth-order valence-electron chi connectivity index (χ4n) is 2.08. The molecule has 2 N–H and O–H groups in total. The molecule has 0 aliphatic carbocycles. The van der Waals surface area contributed by atoms with E-state index in [1.54, 1.807) is 0 Å². The molecule has 0 amide bonds. The molecule has 14 heavy (non-hydrogen) atoms. The summed E-state index contributed by atoms with van der Waals surface area (Å²) in [7, 11) is 2.11. The van der Waals surface area contributed by atoms with Gasteiger partial charge in [-0.05, 0) is 25.6 Å². The molecule has 0 unspecified atom stereocenters. The second kappa shape index (κ2) is 3.67. The maximum absolute atomic E-state index is 6.07. The number of hydrogen-bond donors (Lipinski definition) is 1. The highest BCUT2D eigenvalue weighted by atomic mass is 15.1. The molecule has 0 saturated carbocycles. The van der Waals surface area contributed by atoms with Crippen molar-refractivity contribution in [3.63, 3.8) is 0 Å². The van der Waals surface area contributed by atoms with Gasteiger partial charge in [0.2, 0.25) is 0 Å². The second-order valence-electron chi connectivity index (χ2n) is 4.22. The number of rotatable bonds is 1. The minimum Gasteiger partial charge on any atom is -0.326 e. The molecule has 76 valence electrons. The van der Waals surface area contributed by atoms with Crippen LogP contribution in [0.5, 0.6) is 0 Å². The van der Waals surface area contributed by atoms with Gasteiger partial charge >= 0.3 is 0 Å². The second-order valence-corrected chi connectivity index (χ2v) is 4.22. The molecule has 3 nitrogen and oxygen atoms in total. The molecule has 1 aromatic heterocycles. The first-order valence-corrected chi connectivity index (χ1v) is 5.03. The first-order valence-electron chi connectivity index (χ1n) is 5.03. The number of nitrogens with zero attached hydrogens (tertiary/aromatic N) is 2. The van der Waals surface area contributed by atoms with E-state index in [-0.39, 0.29) is 6.04 Å². The van der Waals surface area contributed by atoms with Crippen molar-refractivity contribution in [1.29, 1.82) is 0 Å². The van der Waals surface area contributed by atoms with E-state index in [4.69, 9.17) is 5.73 Å². The third-order valence-electron chi connectivity index (χ3n) is 2.91. The van der Waals surface area contributed by atoms with Crippen molar-refractivity contribution in [1.82, 2.24) is 9.88 Å². The van der Waals surface area contributed by atoms with Crippen molar-refractivity contribution in [3.8, 4) is 0 Å². The number of aryl methyl sites for hydroxylation is 1. The van der Waals surface area contributed by atoms with E-state index in [0.29, 0.717) is 5.92 Å². The van der Waals surface area contributed by atoms with E-state index in [0.717, 1.165) is 18.8 Å². The summed E-state index contributed by atoms with van der Waals surface area (Å²) >= 11 is 0. The van der Waals surface area contributed by atoms with Crippen LogP contribution in [0.15, 0.2) is 18.3 Å². The lowest BCUT2D eigenvalue weighted by atomic mass is 9.96. The van der Waals surface area contributed by atoms with Gasteiger partial charge in [-0.25, -0.2) is 0 Å². The van der Waals surface area contributed by atoms with Crippen molar-refractivity contribution in [2.24, 2.45) is 5.73 Å². The van der Waals surface area contributed by atoms with E-state index < -0.39 is 0 Å². The molecule has 1 aromatic rings. The summed E-state index contributed by atoms with van der Waals surface area (Å²) in [6.45, 7) is 4.04. The van der Waals surface area contributed by atoms with Crippen LogP contribution in [0.25, 0.3) is 0 Å².